The van der Waals surface area contributed by atoms with Gasteiger partial charge in [0.1, 0.15) is 0 Å². The first-order valence-electron chi connectivity index (χ1n) is 5.77. The van der Waals surface area contributed by atoms with E-state index in [2.05, 4.69) is 15.5 Å². The predicted molar refractivity (Wildman–Crippen MR) is 67.5 cm³/mol. The fraction of sp³-hybridized carbons (Fsp3) is 0.308. The average molecular weight is 245 g/mol. The maximum absolute atomic E-state index is 11.9. The Hall–Kier alpha value is -2.17. The van der Waals surface area contributed by atoms with Crippen LogP contribution in [0.1, 0.15) is 41.6 Å². The minimum atomic E-state index is -0.252. The molecular weight excluding hydrogens is 230 g/mol. The zero-order valence-electron chi connectivity index (χ0n) is 10.6. The van der Waals surface area contributed by atoms with Gasteiger partial charge in [0, 0.05) is 11.5 Å². The molecule has 5 heteroatoms. The lowest BCUT2D eigenvalue weighted by Crippen LogP contribution is -2.12. The SMILES string of the molecule is Cc1cccc(C(=O)Nc2nnc(C(C)C)o2)c1. The summed E-state index contributed by atoms with van der Waals surface area (Å²) in [4.78, 5) is 11.9. The van der Waals surface area contributed by atoms with E-state index in [-0.39, 0.29) is 17.8 Å². The second-order valence-corrected chi connectivity index (χ2v) is 4.42. The van der Waals surface area contributed by atoms with E-state index in [0.29, 0.717) is 11.5 Å². The van der Waals surface area contributed by atoms with Gasteiger partial charge in [0.15, 0.2) is 0 Å². The number of amides is 1. The molecule has 1 aromatic heterocycles. The maximum Gasteiger partial charge on any atom is 0.322 e. The molecule has 18 heavy (non-hydrogen) atoms. The van der Waals surface area contributed by atoms with E-state index in [1.807, 2.05) is 32.9 Å². The molecule has 0 unspecified atom stereocenters. The largest absolute Gasteiger partial charge is 0.408 e. The van der Waals surface area contributed by atoms with Crippen molar-refractivity contribution in [2.45, 2.75) is 26.7 Å². The van der Waals surface area contributed by atoms with Crippen LogP contribution >= 0.6 is 0 Å². The first-order valence-corrected chi connectivity index (χ1v) is 5.77. The van der Waals surface area contributed by atoms with Crippen LogP contribution in [0.2, 0.25) is 0 Å². The van der Waals surface area contributed by atoms with Crippen molar-refractivity contribution in [3.63, 3.8) is 0 Å². The van der Waals surface area contributed by atoms with Gasteiger partial charge in [0.2, 0.25) is 5.89 Å². The number of aromatic nitrogens is 2. The van der Waals surface area contributed by atoms with Gasteiger partial charge in [-0.1, -0.05) is 36.6 Å². The fourth-order valence-corrected chi connectivity index (χ4v) is 1.47. The molecule has 1 amide bonds. The van der Waals surface area contributed by atoms with Crippen LogP contribution in [0.25, 0.3) is 0 Å². The molecule has 2 rings (SSSR count). The number of rotatable bonds is 3. The van der Waals surface area contributed by atoms with Crippen molar-refractivity contribution in [3.8, 4) is 0 Å². The van der Waals surface area contributed by atoms with Gasteiger partial charge in [-0.05, 0) is 19.1 Å². The first-order chi connectivity index (χ1) is 8.56. The molecule has 0 aliphatic heterocycles. The number of nitrogens with zero attached hydrogens (tertiary/aromatic N) is 2. The summed E-state index contributed by atoms with van der Waals surface area (Å²) >= 11 is 0. The smallest absolute Gasteiger partial charge is 0.322 e. The van der Waals surface area contributed by atoms with E-state index in [4.69, 9.17) is 4.42 Å². The second-order valence-electron chi connectivity index (χ2n) is 4.42. The summed E-state index contributed by atoms with van der Waals surface area (Å²) in [5.74, 6) is 0.398. The highest BCUT2D eigenvalue weighted by atomic mass is 16.4. The first kappa shape index (κ1) is 12.3. The molecule has 0 saturated carbocycles. The van der Waals surface area contributed by atoms with Crippen LogP contribution in [0.3, 0.4) is 0 Å². The maximum atomic E-state index is 11.9. The molecule has 0 aliphatic rings. The normalized spacial score (nSPS) is 10.7. The Morgan fingerprint density at radius 2 is 2.11 bits per heavy atom. The van der Waals surface area contributed by atoms with Crippen molar-refractivity contribution in [1.82, 2.24) is 10.2 Å². The van der Waals surface area contributed by atoms with E-state index in [1.165, 1.54) is 0 Å². The summed E-state index contributed by atoms with van der Waals surface area (Å²) in [5.41, 5.74) is 1.59. The van der Waals surface area contributed by atoms with E-state index in [9.17, 15) is 4.79 Å². The van der Waals surface area contributed by atoms with E-state index < -0.39 is 0 Å². The van der Waals surface area contributed by atoms with Gasteiger partial charge in [0.25, 0.3) is 5.91 Å². The summed E-state index contributed by atoms with van der Waals surface area (Å²) in [5, 5.41) is 10.2. The van der Waals surface area contributed by atoms with E-state index in [1.54, 1.807) is 12.1 Å². The third-order valence-electron chi connectivity index (χ3n) is 2.44. The molecular formula is C13H15N3O2. The number of benzene rings is 1. The lowest BCUT2D eigenvalue weighted by molar-refractivity contribution is 0.102. The van der Waals surface area contributed by atoms with Crippen LogP contribution in [0.4, 0.5) is 6.01 Å². The quantitative estimate of drug-likeness (QED) is 0.902. The fourth-order valence-electron chi connectivity index (χ4n) is 1.47. The number of carbonyl (C=O) groups is 1. The van der Waals surface area contributed by atoms with Gasteiger partial charge in [-0.2, -0.15) is 0 Å². The zero-order chi connectivity index (χ0) is 13.1. The van der Waals surface area contributed by atoms with Crippen LogP contribution in [0.15, 0.2) is 28.7 Å². The molecule has 5 nitrogen and oxygen atoms in total. The Kier molecular flexibility index (Phi) is 3.41. The van der Waals surface area contributed by atoms with Crippen LogP contribution in [-0.4, -0.2) is 16.1 Å². The molecule has 2 aromatic rings. The third-order valence-corrected chi connectivity index (χ3v) is 2.44. The molecule has 1 aromatic carbocycles. The Morgan fingerprint density at radius 3 is 2.72 bits per heavy atom. The van der Waals surface area contributed by atoms with E-state index >= 15 is 0 Å². The summed E-state index contributed by atoms with van der Waals surface area (Å²) in [6, 6.07) is 7.43. The van der Waals surface area contributed by atoms with Gasteiger partial charge in [-0.3, -0.25) is 10.1 Å². The number of anilines is 1. The molecule has 0 atom stereocenters. The molecule has 0 bridgehead atoms. The number of nitrogens with one attached hydrogen (secondary N) is 1. The standard InChI is InChI=1S/C13H15N3O2/c1-8(2)12-15-16-13(18-12)14-11(17)10-6-4-5-9(3)7-10/h4-8H,1-3H3,(H,14,16,17). The highest BCUT2D eigenvalue weighted by Gasteiger charge is 2.13. The Morgan fingerprint density at radius 1 is 1.33 bits per heavy atom. The summed E-state index contributed by atoms with van der Waals surface area (Å²) in [6.07, 6.45) is 0. The molecule has 0 radical (unpaired) electrons. The number of aryl methyl sites for hydroxylation is 1. The minimum absolute atomic E-state index is 0.130. The predicted octanol–water partition coefficient (Wildman–Crippen LogP) is 2.75. The summed E-state index contributed by atoms with van der Waals surface area (Å²) in [7, 11) is 0. The lowest BCUT2D eigenvalue weighted by atomic mass is 10.1. The summed E-state index contributed by atoms with van der Waals surface area (Å²) < 4.78 is 5.31. The molecule has 0 saturated heterocycles. The van der Waals surface area contributed by atoms with Crippen molar-refractivity contribution < 1.29 is 9.21 Å². The van der Waals surface area contributed by atoms with Crippen LogP contribution in [0.5, 0.6) is 0 Å². The van der Waals surface area contributed by atoms with Crippen LogP contribution in [-0.2, 0) is 0 Å². The molecule has 0 aliphatic carbocycles. The number of hydrogen-bond acceptors (Lipinski definition) is 4. The molecule has 94 valence electrons. The van der Waals surface area contributed by atoms with Crippen molar-refractivity contribution >= 4 is 11.9 Å². The number of carbonyl (C=O) groups excluding carboxylic acids is 1. The zero-order valence-corrected chi connectivity index (χ0v) is 10.6. The second kappa shape index (κ2) is 5.00. The van der Waals surface area contributed by atoms with Gasteiger partial charge in [-0.25, -0.2) is 0 Å². The van der Waals surface area contributed by atoms with Gasteiger partial charge in [-0.15, -0.1) is 5.10 Å². The van der Waals surface area contributed by atoms with Gasteiger partial charge >= 0.3 is 6.01 Å². The van der Waals surface area contributed by atoms with Crippen LogP contribution in [0, 0.1) is 6.92 Å². The van der Waals surface area contributed by atoms with Crippen molar-refractivity contribution in [1.29, 1.82) is 0 Å². The average Bonchev–Trinajstić information content (AvgIpc) is 2.77. The molecule has 0 fully saturated rings. The summed E-state index contributed by atoms with van der Waals surface area (Å²) in [6.45, 7) is 5.82. The van der Waals surface area contributed by atoms with Gasteiger partial charge in [0.05, 0.1) is 0 Å². The van der Waals surface area contributed by atoms with Crippen LogP contribution < -0.4 is 5.32 Å². The molecule has 1 N–H and O–H groups in total. The Bertz CT molecular complexity index is 561. The third kappa shape index (κ3) is 2.74. The Labute approximate surface area is 105 Å². The van der Waals surface area contributed by atoms with E-state index in [0.717, 1.165) is 5.56 Å². The monoisotopic (exact) mass is 245 g/mol. The Balaban J connectivity index is 2.11. The molecule has 1 heterocycles. The van der Waals surface area contributed by atoms with Crippen molar-refractivity contribution in [2.75, 3.05) is 5.32 Å². The number of hydrogen-bond donors (Lipinski definition) is 1. The molecule has 0 spiro atoms. The van der Waals surface area contributed by atoms with Gasteiger partial charge < -0.3 is 4.42 Å². The highest BCUT2D eigenvalue weighted by molar-refractivity contribution is 6.03. The lowest BCUT2D eigenvalue weighted by Gasteiger charge is -2.01. The highest BCUT2D eigenvalue weighted by Crippen LogP contribution is 2.15. The topological polar surface area (TPSA) is 68.0 Å². The van der Waals surface area contributed by atoms with Crippen molar-refractivity contribution in [2.24, 2.45) is 0 Å². The minimum Gasteiger partial charge on any atom is -0.408 e. The van der Waals surface area contributed by atoms with Crippen molar-refractivity contribution in [3.05, 3.63) is 41.3 Å².